The van der Waals surface area contributed by atoms with Crippen LogP contribution in [0.5, 0.6) is 0 Å². The SMILES string of the molecule is C=C(C)C1CC[C@]2(CC(=O)N3CC[C@@H](N(C)C)C3)CC[C@]3(C)[C@H](CC[C@@H]4[C@@]5(C)CC[C@H](OC(=O)CC(C)(C)C(=O)O)C(C)(C)[C@@H]5CC[C@]43C)[C@@H]12. The molecule has 0 aromatic carbocycles. The Labute approximate surface area is 303 Å². The molecule has 1 unspecified atom stereocenters. The number of carboxylic acid groups (broad SMARTS) is 1. The van der Waals surface area contributed by atoms with Crippen LogP contribution >= 0.6 is 0 Å². The van der Waals surface area contributed by atoms with Gasteiger partial charge in [0, 0.05) is 31.0 Å². The third-order valence-electron chi connectivity index (χ3n) is 17.4. The number of amides is 1. The average molecular weight is 695 g/mol. The molecular weight excluding hydrogens is 624 g/mol. The zero-order chi connectivity index (χ0) is 36.8. The van der Waals surface area contributed by atoms with E-state index in [9.17, 15) is 19.5 Å². The second-order valence-corrected chi connectivity index (χ2v) is 20.7. The minimum Gasteiger partial charge on any atom is -0.481 e. The molecule has 5 saturated carbocycles. The first kappa shape index (κ1) is 37.9. The van der Waals surface area contributed by atoms with Crippen molar-refractivity contribution in [3.8, 4) is 0 Å². The van der Waals surface area contributed by atoms with Crippen molar-refractivity contribution in [2.75, 3.05) is 27.2 Å². The van der Waals surface area contributed by atoms with Crippen LogP contribution in [0, 0.1) is 62.1 Å². The number of carbonyl (C=O) groups excluding carboxylic acids is 2. The Morgan fingerprint density at radius 3 is 2.20 bits per heavy atom. The molecule has 0 aromatic rings. The van der Waals surface area contributed by atoms with Gasteiger partial charge in [-0.2, -0.15) is 0 Å². The molecule has 6 aliphatic rings. The highest BCUT2D eigenvalue weighted by atomic mass is 16.5. The monoisotopic (exact) mass is 695 g/mol. The molecule has 0 radical (unpaired) electrons. The number of carboxylic acids is 1. The zero-order valence-electron chi connectivity index (χ0n) is 33.3. The molecule has 6 fully saturated rings. The highest BCUT2D eigenvalue weighted by molar-refractivity contribution is 5.81. The summed E-state index contributed by atoms with van der Waals surface area (Å²) < 4.78 is 6.19. The van der Waals surface area contributed by atoms with Crippen molar-refractivity contribution in [3.05, 3.63) is 12.2 Å². The van der Waals surface area contributed by atoms with Crippen LogP contribution in [0.2, 0.25) is 0 Å². The number of hydrogen-bond donors (Lipinski definition) is 1. The van der Waals surface area contributed by atoms with E-state index >= 15 is 0 Å². The minimum atomic E-state index is -1.14. The molecule has 1 aliphatic heterocycles. The summed E-state index contributed by atoms with van der Waals surface area (Å²) in [6, 6.07) is 0.469. The molecule has 1 heterocycles. The first-order chi connectivity index (χ1) is 23.1. The van der Waals surface area contributed by atoms with E-state index in [4.69, 9.17) is 4.74 Å². The Kier molecular flexibility index (Phi) is 9.55. The first-order valence-electron chi connectivity index (χ1n) is 20.2. The molecule has 7 heteroatoms. The van der Waals surface area contributed by atoms with Gasteiger partial charge in [-0.05, 0) is 157 Å². The van der Waals surface area contributed by atoms with Gasteiger partial charge < -0.3 is 19.6 Å². The van der Waals surface area contributed by atoms with Crippen molar-refractivity contribution in [3.63, 3.8) is 0 Å². The van der Waals surface area contributed by atoms with Crippen LogP contribution in [0.3, 0.4) is 0 Å². The van der Waals surface area contributed by atoms with E-state index in [0.717, 1.165) is 51.6 Å². The first-order valence-corrected chi connectivity index (χ1v) is 20.2. The smallest absolute Gasteiger partial charge is 0.309 e. The minimum absolute atomic E-state index is 0.0878. The molecule has 0 aromatic heterocycles. The number of esters is 1. The fourth-order valence-electron chi connectivity index (χ4n) is 14.2. The summed E-state index contributed by atoms with van der Waals surface area (Å²) in [5.41, 5.74) is 0.658. The van der Waals surface area contributed by atoms with Gasteiger partial charge in [-0.25, -0.2) is 0 Å². The van der Waals surface area contributed by atoms with Gasteiger partial charge in [-0.3, -0.25) is 14.4 Å². The Morgan fingerprint density at radius 2 is 1.58 bits per heavy atom. The van der Waals surface area contributed by atoms with E-state index < -0.39 is 11.4 Å². The van der Waals surface area contributed by atoms with E-state index in [-0.39, 0.29) is 45.6 Å². The summed E-state index contributed by atoms with van der Waals surface area (Å²) >= 11 is 0. The lowest BCUT2D eigenvalue weighted by atomic mass is 9.32. The molecule has 0 bridgehead atoms. The molecule has 7 nitrogen and oxygen atoms in total. The van der Waals surface area contributed by atoms with Crippen LogP contribution < -0.4 is 0 Å². The maximum atomic E-state index is 14.1. The van der Waals surface area contributed by atoms with Gasteiger partial charge in [0.2, 0.25) is 5.91 Å². The summed E-state index contributed by atoms with van der Waals surface area (Å²) in [6.07, 6.45) is 12.9. The average Bonchev–Trinajstić information content (AvgIpc) is 3.65. The number of nitrogens with zero attached hydrogens (tertiary/aromatic N) is 2. The number of ether oxygens (including phenoxy) is 1. The number of likely N-dealkylation sites (N-methyl/N-ethyl adjacent to an activating group) is 1. The normalized spacial score (nSPS) is 43.7. The van der Waals surface area contributed by atoms with Crippen molar-refractivity contribution in [1.82, 2.24) is 9.80 Å². The van der Waals surface area contributed by atoms with Crippen LogP contribution in [-0.2, 0) is 19.1 Å². The number of hydrogen-bond acceptors (Lipinski definition) is 5. The number of carbonyl (C=O) groups is 3. The van der Waals surface area contributed by atoms with E-state index in [1.807, 2.05) is 0 Å². The quantitative estimate of drug-likeness (QED) is 0.202. The van der Waals surface area contributed by atoms with Gasteiger partial charge >= 0.3 is 11.9 Å². The summed E-state index contributed by atoms with van der Waals surface area (Å²) in [5.74, 6) is 1.71. The largest absolute Gasteiger partial charge is 0.481 e. The van der Waals surface area contributed by atoms with Crippen molar-refractivity contribution in [1.29, 1.82) is 0 Å². The van der Waals surface area contributed by atoms with Gasteiger partial charge in [0.1, 0.15) is 6.10 Å². The molecule has 282 valence electrons. The third-order valence-corrected chi connectivity index (χ3v) is 17.4. The van der Waals surface area contributed by atoms with Gasteiger partial charge in [0.05, 0.1) is 11.8 Å². The second kappa shape index (κ2) is 12.6. The predicted molar refractivity (Wildman–Crippen MR) is 198 cm³/mol. The van der Waals surface area contributed by atoms with Gasteiger partial charge in [-0.1, -0.05) is 46.8 Å². The van der Waals surface area contributed by atoms with Gasteiger partial charge in [0.25, 0.3) is 0 Å². The van der Waals surface area contributed by atoms with E-state index in [1.54, 1.807) is 13.8 Å². The lowest BCUT2D eigenvalue weighted by Crippen LogP contribution is -2.67. The van der Waals surface area contributed by atoms with Crippen molar-refractivity contribution < 1.29 is 24.2 Å². The van der Waals surface area contributed by atoms with Crippen LogP contribution in [0.15, 0.2) is 12.2 Å². The fourth-order valence-corrected chi connectivity index (χ4v) is 14.2. The summed E-state index contributed by atoms with van der Waals surface area (Å²) in [7, 11) is 4.28. The number of likely N-dealkylation sites (tertiary alicyclic amines) is 1. The molecule has 50 heavy (non-hydrogen) atoms. The van der Waals surface area contributed by atoms with Gasteiger partial charge in [0.15, 0.2) is 0 Å². The molecule has 1 saturated heterocycles. The van der Waals surface area contributed by atoms with Crippen molar-refractivity contribution in [2.24, 2.45) is 62.1 Å². The predicted octanol–water partition coefficient (Wildman–Crippen LogP) is 8.61. The molecular formula is C43H70N2O5. The molecule has 11 atom stereocenters. The summed E-state index contributed by atoms with van der Waals surface area (Å²) in [4.78, 5) is 43.4. The van der Waals surface area contributed by atoms with Crippen molar-refractivity contribution in [2.45, 2.75) is 151 Å². The Morgan fingerprint density at radius 1 is 0.880 bits per heavy atom. The third kappa shape index (κ3) is 5.72. The van der Waals surface area contributed by atoms with Crippen molar-refractivity contribution >= 4 is 17.8 Å². The lowest BCUT2D eigenvalue weighted by molar-refractivity contribution is -0.250. The van der Waals surface area contributed by atoms with E-state index in [2.05, 4.69) is 72.0 Å². The van der Waals surface area contributed by atoms with Crippen LogP contribution in [0.25, 0.3) is 0 Å². The number of rotatable bonds is 8. The standard InChI is InChI=1S/C43H70N2O5/c1-27(2)29-14-20-43(24-34(46)45-23-17-28(26-45)44(10)11)22-21-41(8)30(36(29)43)12-13-32-40(7)18-16-33(50-35(47)25-38(3,4)37(48)49)39(5,6)31(40)15-19-42(32,41)9/h28-33,36H,1,12-26H2,2-11H3,(H,48,49)/t28-,29?,30-,31+,32-,33+,36-,40+,41-,42-,43-/m1/s1. The Bertz CT molecular complexity index is 1390. The van der Waals surface area contributed by atoms with Crippen LogP contribution in [0.4, 0.5) is 0 Å². The number of fused-ring (bicyclic) bond motifs is 7. The second-order valence-electron chi connectivity index (χ2n) is 20.7. The topological polar surface area (TPSA) is 87.2 Å². The Hall–Kier alpha value is -1.89. The Balaban J connectivity index is 1.24. The molecule has 1 N–H and O–H groups in total. The molecule has 6 rings (SSSR count). The van der Waals surface area contributed by atoms with Crippen LogP contribution in [-0.4, -0.2) is 72.1 Å². The number of allylic oxidation sites excluding steroid dienone is 1. The highest BCUT2D eigenvalue weighted by Gasteiger charge is 2.71. The maximum Gasteiger partial charge on any atom is 0.309 e. The number of aliphatic carboxylic acids is 1. The van der Waals surface area contributed by atoms with Gasteiger partial charge in [-0.15, -0.1) is 0 Å². The molecule has 1 amide bonds. The van der Waals surface area contributed by atoms with E-state index in [0.29, 0.717) is 48.0 Å². The maximum absolute atomic E-state index is 14.1. The van der Waals surface area contributed by atoms with E-state index in [1.165, 1.54) is 37.7 Å². The summed E-state index contributed by atoms with van der Waals surface area (Å²) in [6.45, 7) is 24.3. The summed E-state index contributed by atoms with van der Waals surface area (Å²) in [5, 5.41) is 9.61. The molecule has 0 spiro atoms. The fraction of sp³-hybridized carbons (Fsp3) is 0.884. The zero-order valence-corrected chi connectivity index (χ0v) is 33.3. The highest BCUT2D eigenvalue weighted by Crippen LogP contribution is 2.78. The van der Waals surface area contributed by atoms with Crippen LogP contribution in [0.1, 0.15) is 139 Å². The lowest BCUT2D eigenvalue weighted by Gasteiger charge is -2.73. The molecule has 5 aliphatic carbocycles.